The molecular weight excluding hydrogens is 258 g/mol. The number of ether oxygens (including phenoxy) is 1. The van der Waals surface area contributed by atoms with Crippen LogP contribution in [0.25, 0.3) is 0 Å². The molecule has 0 aliphatic carbocycles. The Bertz CT molecular complexity index is 460. The van der Waals surface area contributed by atoms with Gasteiger partial charge in [-0.3, -0.25) is 4.90 Å². The summed E-state index contributed by atoms with van der Waals surface area (Å²) in [5.41, 5.74) is 0. The summed E-state index contributed by atoms with van der Waals surface area (Å²) in [7, 11) is 0. The number of nitrogens with zero attached hydrogens (tertiary/aromatic N) is 1. The molecule has 3 nitrogen and oxygen atoms in total. The Morgan fingerprint density at radius 1 is 1.47 bits per heavy atom. The SMILES string of the molecule is CC1CN(Cc2ccc(C#CCCO)s2)C(C)CO1. The Morgan fingerprint density at radius 2 is 2.32 bits per heavy atom. The molecule has 2 heterocycles. The molecule has 104 valence electrons. The minimum Gasteiger partial charge on any atom is -0.395 e. The van der Waals surface area contributed by atoms with Crippen LogP contribution in [0.1, 0.15) is 30.0 Å². The summed E-state index contributed by atoms with van der Waals surface area (Å²) in [6.45, 7) is 7.25. The zero-order chi connectivity index (χ0) is 13.7. The van der Waals surface area contributed by atoms with E-state index in [-0.39, 0.29) is 6.61 Å². The van der Waals surface area contributed by atoms with E-state index in [0.717, 1.165) is 24.6 Å². The van der Waals surface area contributed by atoms with Crippen molar-refractivity contribution in [2.75, 3.05) is 19.8 Å². The van der Waals surface area contributed by atoms with Gasteiger partial charge in [0, 0.05) is 30.4 Å². The topological polar surface area (TPSA) is 32.7 Å². The normalized spacial score (nSPS) is 23.9. The molecule has 1 aromatic heterocycles. The maximum absolute atomic E-state index is 8.70. The highest BCUT2D eigenvalue weighted by Gasteiger charge is 2.23. The van der Waals surface area contributed by atoms with E-state index in [1.807, 2.05) is 0 Å². The molecule has 2 rings (SSSR count). The molecule has 0 aromatic carbocycles. The molecule has 1 N–H and O–H groups in total. The monoisotopic (exact) mass is 279 g/mol. The summed E-state index contributed by atoms with van der Waals surface area (Å²) in [5.74, 6) is 6.05. The predicted octanol–water partition coefficient (Wildman–Crippen LogP) is 2.09. The fourth-order valence-electron chi connectivity index (χ4n) is 2.13. The number of rotatable bonds is 3. The standard InChI is InChI=1S/C15H21NO2S/c1-12-11-18-13(2)9-16(12)10-15-7-6-14(19-15)5-3-4-8-17/h6-7,12-13,17H,4,8-11H2,1-2H3. The number of aliphatic hydroxyl groups excluding tert-OH is 1. The van der Waals surface area contributed by atoms with Crippen molar-refractivity contribution in [3.8, 4) is 11.8 Å². The first kappa shape index (κ1) is 14.5. The van der Waals surface area contributed by atoms with Crippen LogP contribution in [-0.4, -0.2) is 41.9 Å². The molecule has 0 saturated carbocycles. The van der Waals surface area contributed by atoms with Gasteiger partial charge in [-0.25, -0.2) is 0 Å². The lowest BCUT2D eigenvalue weighted by Crippen LogP contribution is -2.46. The average molecular weight is 279 g/mol. The second-order valence-electron chi connectivity index (χ2n) is 4.96. The van der Waals surface area contributed by atoms with Crippen LogP contribution >= 0.6 is 11.3 Å². The summed E-state index contributed by atoms with van der Waals surface area (Å²) >= 11 is 1.74. The highest BCUT2D eigenvalue weighted by Crippen LogP contribution is 2.21. The van der Waals surface area contributed by atoms with Gasteiger partial charge >= 0.3 is 0 Å². The minimum atomic E-state index is 0.133. The van der Waals surface area contributed by atoms with Gasteiger partial charge in [0.2, 0.25) is 0 Å². The number of hydrogen-bond acceptors (Lipinski definition) is 4. The molecule has 19 heavy (non-hydrogen) atoms. The molecule has 0 spiro atoms. The molecule has 1 aliphatic rings. The molecule has 1 fully saturated rings. The van der Waals surface area contributed by atoms with E-state index in [9.17, 15) is 0 Å². The van der Waals surface area contributed by atoms with Gasteiger partial charge in [-0.15, -0.1) is 11.3 Å². The number of hydrogen-bond donors (Lipinski definition) is 1. The molecule has 0 bridgehead atoms. The van der Waals surface area contributed by atoms with Crippen molar-refractivity contribution in [2.45, 2.75) is 39.0 Å². The van der Waals surface area contributed by atoms with E-state index in [1.54, 1.807) is 11.3 Å². The molecule has 2 atom stereocenters. The quantitative estimate of drug-likeness (QED) is 0.860. The summed E-state index contributed by atoms with van der Waals surface area (Å²) in [4.78, 5) is 4.89. The molecule has 2 unspecified atom stereocenters. The largest absolute Gasteiger partial charge is 0.395 e. The number of morpholine rings is 1. The Morgan fingerprint density at radius 3 is 3.11 bits per heavy atom. The fourth-order valence-corrected chi connectivity index (χ4v) is 3.04. The summed E-state index contributed by atoms with van der Waals surface area (Å²) in [5, 5.41) is 8.70. The van der Waals surface area contributed by atoms with Crippen molar-refractivity contribution in [3.05, 3.63) is 21.9 Å². The molecule has 0 amide bonds. The van der Waals surface area contributed by atoms with Crippen molar-refractivity contribution in [2.24, 2.45) is 0 Å². The van der Waals surface area contributed by atoms with Gasteiger partial charge in [0.15, 0.2) is 0 Å². The Balaban J connectivity index is 1.94. The van der Waals surface area contributed by atoms with E-state index < -0.39 is 0 Å². The van der Waals surface area contributed by atoms with E-state index in [1.165, 1.54) is 4.88 Å². The van der Waals surface area contributed by atoms with Gasteiger partial charge in [0.05, 0.1) is 24.2 Å². The first-order valence-electron chi connectivity index (χ1n) is 6.73. The summed E-state index contributed by atoms with van der Waals surface area (Å²) in [6.07, 6.45) is 0.866. The lowest BCUT2D eigenvalue weighted by Gasteiger charge is -2.36. The zero-order valence-electron chi connectivity index (χ0n) is 11.6. The first-order chi connectivity index (χ1) is 9.19. The lowest BCUT2D eigenvalue weighted by molar-refractivity contribution is -0.0523. The minimum absolute atomic E-state index is 0.133. The van der Waals surface area contributed by atoms with E-state index in [4.69, 9.17) is 9.84 Å². The molecule has 1 saturated heterocycles. The molecular formula is C15H21NO2S. The van der Waals surface area contributed by atoms with Gasteiger partial charge in [0.1, 0.15) is 0 Å². The predicted molar refractivity (Wildman–Crippen MR) is 78.2 cm³/mol. The number of aliphatic hydroxyl groups is 1. The smallest absolute Gasteiger partial charge is 0.0771 e. The highest BCUT2D eigenvalue weighted by molar-refractivity contribution is 7.12. The molecule has 1 aliphatic heterocycles. The van der Waals surface area contributed by atoms with Crippen LogP contribution in [0.2, 0.25) is 0 Å². The third-order valence-corrected chi connectivity index (χ3v) is 4.19. The highest BCUT2D eigenvalue weighted by atomic mass is 32.1. The fraction of sp³-hybridized carbons (Fsp3) is 0.600. The van der Waals surface area contributed by atoms with Crippen LogP contribution in [0.3, 0.4) is 0 Å². The van der Waals surface area contributed by atoms with Crippen LogP contribution < -0.4 is 0 Å². The van der Waals surface area contributed by atoms with Crippen molar-refractivity contribution < 1.29 is 9.84 Å². The van der Waals surface area contributed by atoms with Gasteiger partial charge in [-0.1, -0.05) is 11.8 Å². The second kappa shape index (κ2) is 7.06. The van der Waals surface area contributed by atoms with Crippen molar-refractivity contribution >= 4 is 11.3 Å². The maximum atomic E-state index is 8.70. The average Bonchev–Trinajstić information content (AvgIpc) is 2.82. The van der Waals surface area contributed by atoms with Crippen LogP contribution in [0.4, 0.5) is 0 Å². The van der Waals surface area contributed by atoms with Crippen LogP contribution in [0, 0.1) is 11.8 Å². The third kappa shape index (κ3) is 4.32. The van der Waals surface area contributed by atoms with Crippen LogP contribution in [-0.2, 0) is 11.3 Å². The van der Waals surface area contributed by atoms with Crippen molar-refractivity contribution in [3.63, 3.8) is 0 Å². The molecule has 1 aromatic rings. The van der Waals surface area contributed by atoms with Gasteiger partial charge < -0.3 is 9.84 Å². The first-order valence-corrected chi connectivity index (χ1v) is 7.54. The third-order valence-electron chi connectivity index (χ3n) is 3.21. The maximum Gasteiger partial charge on any atom is 0.0771 e. The molecule has 0 radical (unpaired) electrons. The second-order valence-corrected chi connectivity index (χ2v) is 6.13. The summed E-state index contributed by atoms with van der Waals surface area (Å²) in [6, 6.07) is 4.70. The van der Waals surface area contributed by atoms with Gasteiger partial charge in [-0.05, 0) is 26.0 Å². The van der Waals surface area contributed by atoms with Gasteiger partial charge in [-0.2, -0.15) is 0 Å². The summed E-state index contributed by atoms with van der Waals surface area (Å²) < 4.78 is 5.64. The zero-order valence-corrected chi connectivity index (χ0v) is 12.4. The van der Waals surface area contributed by atoms with Crippen LogP contribution in [0.15, 0.2) is 12.1 Å². The van der Waals surface area contributed by atoms with Crippen molar-refractivity contribution in [1.82, 2.24) is 4.90 Å². The van der Waals surface area contributed by atoms with Crippen molar-refractivity contribution in [1.29, 1.82) is 0 Å². The Kier molecular flexibility index (Phi) is 5.41. The van der Waals surface area contributed by atoms with E-state index in [0.29, 0.717) is 18.6 Å². The lowest BCUT2D eigenvalue weighted by atomic mass is 10.2. The Hall–Kier alpha value is -0.860. The van der Waals surface area contributed by atoms with E-state index in [2.05, 4.69) is 42.7 Å². The Labute approximate surface area is 119 Å². The van der Waals surface area contributed by atoms with Gasteiger partial charge in [0.25, 0.3) is 0 Å². The van der Waals surface area contributed by atoms with E-state index >= 15 is 0 Å². The number of thiophene rings is 1. The van der Waals surface area contributed by atoms with Crippen LogP contribution in [0.5, 0.6) is 0 Å². The molecule has 4 heteroatoms.